The molecule has 3 aliphatic rings. The summed E-state index contributed by atoms with van der Waals surface area (Å²) in [5, 5.41) is 0. The first kappa shape index (κ1) is 11.6. The number of hydrogen-bond donors (Lipinski definition) is 0. The summed E-state index contributed by atoms with van der Waals surface area (Å²) < 4.78 is 5.85. The highest BCUT2D eigenvalue weighted by molar-refractivity contribution is 5.72. The summed E-state index contributed by atoms with van der Waals surface area (Å²) in [7, 11) is 0. The molecule has 2 nitrogen and oxygen atoms in total. The van der Waals surface area contributed by atoms with Crippen LogP contribution < -0.4 is 0 Å². The van der Waals surface area contributed by atoms with Gasteiger partial charge in [-0.25, -0.2) is 0 Å². The van der Waals surface area contributed by atoms with Crippen molar-refractivity contribution in [1.29, 1.82) is 0 Å². The highest BCUT2D eigenvalue weighted by atomic mass is 16.5. The van der Waals surface area contributed by atoms with E-state index in [1.54, 1.807) is 0 Å². The van der Waals surface area contributed by atoms with Crippen molar-refractivity contribution in [3.05, 3.63) is 0 Å². The van der Waals surface area contributed by atoms with Crippen LogP contribution in [0.2, 0.25) is 0 Å². The molecule has 0 heterocycles. The van der Waals surface area contributed by atoms with Crippen LogP contribution in [0.4, 0.5) is 0 Å². The Morgan fingerprint density at radius 2 is 1.71 bits per heavy atom. The minimum absolute atomic E-state index is 0.0503. The van der Waals surface area contributed by atoms with Crippen LogP contribution in [0.3, 0.4) is 0 Å². The summed E-state index contributed by atoms with van der Waals surface area (Å²) in [6.45, 7) is 4.05. The molecule has 3 rings (SSSR count). The van der Waals surface area contributed by atoms with Gasteiger partial charge in [-0.15, -0.1) is 0 Å². The minimum atomic E-state index is 0.0503. The van der Waals surface area contributed by atoms with E-state index in [0.29, 0.717) is 11.8 Å². The van der Waals surface area contributed by atoms with Crippen LogP contribution in [0.5, 0.6) is 0 Å². The molecule has 0 N–H and O–H groups in total. The summed E-state index contributed by atoms with van der Waals surface area (Å²) in [6, 6.07) is 0. The Labute approximate surface area is 104 Å². The first-order valence-corrected chi connectivity index (χ1v) is 7.42. The van der Waals surface area contributed by atoms with Crippen molar-refractivity contribution in [1.82, 2.24) is 0 Å². The summed E-state index contributed by atoms with van der Waals surface area (Å²) in [6.07, 6.45) is 8.00. The van der Waals surface area contributed by atoms with Crippen LogP contribution in [0.25, 0.3) is 0 Å². The first-order valence-electron chi connectivity index (χ1n) is 7.42. The molecule has 0 aromatic carbocycles. The molecule has 3 aliphatic carbocycles. The normalized spacial score (nSPS) is 44.7. The molecule has 5 atom stereocenters. The second-order valence-electron chi connectivity index (χ2n) is 6.37. The number of rotatable bonds is 3. The number of carbonyl (C=O) groups excluding carboxylic acids is 1. The van der Waals surface area contributed by atoms with Crippen LogP contribution in [-0.4, -0.2) is 12.1 Å². The van der Waals surface area contributed by atoms with E-state index in [1.807, 2.05) is 6.92 Å². The minimum Gasteiger partial charge on any atom is -0.462 e. The van der Waals surface area contributed by atoms with Crippen molar-refractivity contribution in [3.8, 4) is 0 Å². The van der Waals surface area contributed by atoms with Crippen LogP contribution in [-0.2, 0) is 9.53 Å². The van der Waals surface area contributed by atoms with Gasteiger partial charge in [0, 0.05) is 0 Å². The topological polar surface area (TPSA) is 26.3 Å². The van der Waals surface area contributed by atoms with Gasteiger partial charge in [0.2, 0.25) is 0 Å². The van der Waals surface area contributed by atoms with Gasteiger partial charge in [-0.05, 0) is 55.8 Å². The predicted molar refractivity (Wildman–Crippen MR) is 66.4 cm³/mol. The Hall–Kier alpha value is -0.530. The molecular formula is C15H24O2. The quantitative estimate of drug-likeness (QED) is 0.702. The lowest BCUT2D eigenvalue weighted by atomic mass is 9.82. The molecule has 0 spiro atoms. The maximum Gasteiger partial charge on any atom is 0.308 e. The zero-order valence-corrected chi connectivity index (χ0v) is 11.0. The number of carbonyl (C=O) groups is 1. The van der Waals surface area contributed by atoms with Crippen molar-refractivity contribution >= 4 is 5.97 Å². The van der Waals surface area contributed by atoms with Gasteiger partial charge in [-0.2, -0.15) is 0 Å². The van der Waals surface area contributed by atoms with Gasteiger partial charge in [0.1, 0.15) is 6.10 Å². The summed E-state index contributed by atoms with van der Waals surface area (Å²) in [5.41, 5.74) is 0. The van der Waals surface area contributed by atoms with E-state index in [4.69, 9.17) is 4.74 Å². The van der Waals surface area contributed by atoms with Gasteiger partial charge in [0.05, 0.1) is 5.92 Å². The molecule has 17 heavy (non-hydrogen) atoms. The number of esters is 1. The predicted octanol–water partition coefficient (Wildman–Crippen LogP) is 3.40. The summed E-state index contributed by atoms with van der Waals surface area (Å²) >= 11 is 0. The lowest BCUT2D eigenvalue weighted by molar-refractivity contribution is -0.156. The molecule has 0 radical (unpaired) electrons. The standard InChI is InChI=1S/C15H24O2/c1-3-9(2)15(16)17-14-12-7-8-13(14)11-6-4-5-10(11)12/h9-14H,3-8H2,1-2H3. The lowest BCUT2D eigenvalue weighted by Crippen LogP contribution is -2.27. The highest BCUT2D eigenvalue weighted by Gasteiger charge is 2.57. The largest absolute Gasteiger partial charge is 0.462 e. The van der Waals surface area contributed by atoms with E-state index in [1.165, 1.54) is 32.1 Å². The van der Waals surface area contributed by atoms with Crippen molar-refractivity contribution in [2.24, 2.45) is 29.6 Å². The fourth-order valence-corrected chi connectivity index (χ4v) is 4.62. The van der Waals surface area contributed by atoms with E-state index < -0.39 is 0 Å². The maximum absolute atomic E-state index is 11.9. The maximum atomic E-state index is 11.9. The van der Waals surface area contributed by atoms with Gasteiger partial charge >= 0.3 is 5.97 Å². The van der Waals surface area contributed by atoms with Gasteiger partial charge in [-0.3, -0.25) is 4.79 Å². The third-order valence-corrected chi connectivity index (χ3v) is 5.67. The van der Waals surface area contributed by atoms with Crippen LogP contribution in [0.15, 0.2) is 0 Å². The molecule has 0 saturated heterocycles. The fourth-order valence-electron chi connectivity index (χ4n) is 4.62. The number of fused-ring (bicyclic) bond motifs is 5. The molecule has 2 heteroatoms. The van der Waals surface area contributed by atoms with Crippen LogP contribution >= 0.6 is 0 Å². The van der Waals surface area contributed by atoms with Crippen molar-refractivity contribution in [2.75, 3.05) is 0 Å². The molecule has 2 bridgehead atoms. The molecule has 3 fully saturated rings. The van der Waals surface area contributed by atoms with Gasteiger partial charge in [0.25, 0.3) is 0 Å². The Balaban J connectivity index is 1.68. The molecule has 0 aliphatic heterocycles. The number of hydrogen-bond acceptors (Lipinski definition) is 2. The first-order chi connectivity index (χ1) is 8.22. The molecule has 3 saturated carbocycles. The molecule has 0 aromatic heterocycles. The van der Waals surface area contributed by atoms with Crippen molar-refractivity contribution in [2.45, 2.75) is 58.5 Å². The van der Waals surface area contributed by atoms with E-state index in [-0.39, 0.29) is 18.0 Å². The molecular weight excluding hydrogens is 212 g/mol. The zero-order chi connectivity index (χ0) is 12.0. The van der Waals surface area contributed by atoms with Crippen molar-refractivity contribution in [3.63, 3.8) is 0 Å². The molecule has 5 unspecified atom stereocenters. The van der Waals surface area contributed by atoms with E-state index >= 15 is 0 Å². The second kappa shape index (κ2) is 4.29. The van der Waals surface area contributed by atoms with Gasteiger partial charge in [-0.1, -0.05) is 20.3 Å². The van der Waals surface area contributed by atoms with Crippen LogP contribution in [0.1, 0.15) is 52.4 Å². The average Bonchev–Trinajstić information content (AvgIpc) is 2.99. The molecule has 0 amide bonds. The summed E-state index contributed by atoms with van der Waals surface area (Å²) in [4.78, 5) is 11.9. The molecule has 0 aromatic rings. The Morgan fingerprint density at radius 1 is 1.12 bits per heavy atom. The lowest BCUT2D eigenvalue weighted by Gasteiger charge is -2.22. The third kappa shape index (κ3) is 1.71. The smallest absolute Gasteiger partial charge is 0.308 e. The van der Waals surface area contributed by atoms with Gasteiger partial charge in [0.15, 0.2) is 0 Å². The zero-order valence-electron chi connectivity index (χ0n) is 11.0. The Morgan fingerprint density at radius 3 is 2.24 bits per heavy atom. The fraction of sp³-hybridized carbons (Fsp3) is 0.933. The average molecular weight is 236 g/mol. The number of ether oxygens (including phenoxy) is 1. The van der Waals surface area contributed by atoms with E-state index in [0.717, 1.165) is 18.3 Å². The monoisotopic (exact) mass is 236 g/mol. The Kier molecular flexibility index (Phi) is 2.92. The molecule has 96 valence electrons. The van der Waals surface area contributed by atoms with Gasteiger partial charge < -0.3 is 4.74 Å². The third-order valence-electron chi connectivity index (χ3n) is 5.67. The van der Waals surface area contributed by atoms with E-state index in [9.17, 15) is 4.79 Å². The van der Waals surface area contributed by atoms with E-state index in [2.05, 4.69) is 6.92 Å². The SMILES string of the molecule is CCC(C)C(=O)OC1C2CCC1C1CCCC12. The van der Waals surface area contributed by atoms with Crippen LogP contribution in [0, 0.1) is 29.6 Å². The Bertz CT molecular complexity index is 294. The second-order valence-corrected chi connectivity index (χ2v) is 6.37. The summed E-state index contributed by atoms with van der Waals surface area (Å²) in [5.74, 6) is 3.33. The highest BCUT2D eigenvalue weighted by Crippen LogP contribution is 2.59. The van der Waals surface area contributed by atoms with Crippen molar-refractivity contribution < 1.29 is 9.53 Å².